The molecule has 1 aromatic heterocycles. The van der Waals surface area contributed by atoms with E-state index in [1.807, 2.05) is 20.8 Å². The average Bonchev–Trinajstić information content (AvgIpc) is 3.22. The Hall–Kier alpha value is -3.54. The molecule has 2 aromatic rings. The number of ether oxygens (including phenoxy) is 2. The molecule has 2 N–H and O–H groups in total. The number of halogens is 3. The van der Waals surface area contributed by atoms with Crippen molar-refractivity contribution in [1.82, 2.24) is 15.2 Å². The highest BCUT2D eigenvalue weighted by Crippen LogP contribution is 2.50. The summed E-state index contributed by atoms with van der Waals surface area (Å²) in [6.07, 6.45) is -4.22. The monoisotopic (exact) mass is 580 g/mol. The zero-order chi connectivity index (χ0) is 30.9. The van der Waals surface area contributed by atoms with Crippen LogP contribution >= 0.6 is 0 Å². The molecule has 0 spiro atoms. The Labute approximate surface area is 238 Å². The summed E-state index contributed by atoms with van der Waals surface area (Å²) in [6.45, 7) is 9.10. The van der Waals surface area contributed by atoms with E-state index >= 15 is 0 Å². The van der Waals surface area contributed by atoms with E-state index in [4.69, 9.17) is 9.47 Å². The van der Waals surface area contributed by atoms with Gasteiger partial charge in [0.25, 0.3) is 0 Å². The Kier molecular flexibility index (Phi) is 9.47. The first kappa shape index (κ1) is 32.0. The Morgan fingerprint density at radius 1 is 1.17 bits per heavy atom. The molecule has 0 radical (unpaired) electrons. The van der Waals surface area contributed by atoms with Crippen LogP contribution in [0, 0.1) is 11.3 Å². The predicted molar refractivity (Wildman–Crippen MR) is 148 cm³/mol. The van der Waals surface area contributed by atoms with Gasteiger partial charge in [0.15, 0.2) is 0 Å². The van der Waals surface area contributed by atoms with Gasteiger partial charge in [-0.25, -0.2) is 14.6 Å². The minimum absolute atomic E-state index is 0.0374. The van der Waals surface area contributed by atoms with Crippen molar-refractivity contribution in [1.29, 1.82) is 0 Å². The maximum Gasteiger partial charge on any atom is 0.416 e. The number of methoxy groups -OCH3 is 1. The lowest BCUT2D eigenvalue weighted by atomic mass is 9.72. The topological polar surface area (TPSA) is 104 Å². The Morgan fingerprint density at radius 2 is 1.83 bits per heavy atom. The zero-order valence-electron chi connectivity index (χ0n) is 24.6. The van der Waals surface area contributed by atoms with E-state index in [1.165, 1.54) is 18.1 Å². The van der Waals surface area contributed by atoms with Gasteiger partial charge in [-0.2, -0.15) is 13.2 Å². The van der Waals surface area contributed by atoms with Crippen LogP contribution in [0.15, 0.2) is 36.5 Å². The number of hydrogen-bond donors (Lipinski definition) is 2. The molecule has 12 heteroatoms. The molecule has 1 saturated heterocycles. The summed E-state index contributed by atoms with van der Waals surface area (Å²) in [5.74, 6) is -1.25. The fourth-order valence-electron chi connectivity index (χ4n) is 5.58. The first-order valence-corrected chi connectivity index (χ1v) is 13.3. The number of carbonyl (C=O) groups excluding carboxylic acids is 1. The van der Waals surface area contributed by atoms with Crippen LogP contribution in [0.2, 0.25) is 0 Å². The molecular formula is C29H39F3N4O5. The number of nitrogens with zero attached hydrogens (tertiary/aromatic N) is 3. The second-order valence-corrected chi connectivity index (χ2v) is 11.7. The lowest BCUT2D eigenvalue weighted by Crippen LogP contribution is -2.48. The minimum atomic E-state index is -4.54. The number of likely N-dealkylation sites (tertiary alicyclic amines) is 1. The SMILES string of the molecule is COc1cc(C(F)(F)F)ccc1CN[C@@H]1[C@@H](C(C)(C)C)[C@H](C(=O)O)N(C(=O)OC(C)C)[C@@H]1c1cccnc1N(C)C. The van der Waals surface area contributed by atoms with Crippen molar-refractivity contribution in [2.45, 2.75) is 71.6 Å². The van der Waals surface area contributed by atoms with Crippen LogP contribution in [0.3, 0.4) is 0 Å². The standard InChI is InChI=1S/C29H39F3N4O5/c1-16(2)41-27(39)36-23(19-10-9-13-33-25(19)35(6)7)22(21(28(3,4)5)24(36)26(37)38)34-15-17-11-12-18(29(30,31)32)14-20(17)40-8/h9-14,16,21-24,34H,15H2,1-8H3,(H,37,38)/t21-,22-,23-,24-/m1/s1. The van der Waals surface area contributed by atoms with E-state index in [0.29, 0.717) is 16.9 Å². The number of aromatic nitrogens is 1. The van der Waals surface area contributed by atoms with Crippen molar-refractivity contribution in [3.8, 4) is 5.75 Å². The molecule has 0 unspecified atom stereocenters. The highest BCUT2D eigenvalue weighted by Gasteiger charge is 2.59. The summed E-state index contributed by atoms with van der Waals surface area (Å²) >= 11 is 0. The van der Waals surface area contributed by atoms with Gasteiger partial charge < -0.3 is 24.8 Å². The van der Waals surface area contributed by atoms with Crippen LogP contribution in [0.25, 0.3) is 0 Å². The highest BCUT2D eigenvalue weighted by atomic mass is 19.4. The van der Waals surface area contributed by atoms with Crippen molar-refractivity contribution in [3.05, 3.63) is 53.2 Å². The number of pyridine rings is 1. The zero-order valence-corrected chi connectivity index (χ0v) is 24.6. The summed E-state index contributed by atoms with van der Waals surface area (Å²) < 4.78 is 50.8. The molecule has 3 rings (SSSR count). The summed E-state index contributed by atoms with van der Waals surface area (Å²) in [5.41, 5.74) is -0.422. The van der Waals surface area contributed by atoms with Gasteiger partial charge >= 0.3 is 18.2 Å². The van der Waals surface area contributed by atoms with Crippen LogP contribution < -0.4 is 15.0 Å². The van der Waals surface area contributed by atoms with Gasteiger partial charge in [0.05, 0.1) is 24.8 Å². The molecule has 0 saturated carbocycles. The van der Waals surface area contributed by atoms with Gasteiger partial charge in [-0.1, -0.05) is 32.9 Å². The average molecular weight is 581 g/mol. The predicted octanol–water partition coefficient (Wildman–Crippen LogP) is 5.35. The number of carboxylic acids is 1. The third-order valence-electron chi connectivity index (χ3n) is 7.17. The van der Waals surface area contributed by atoms with Gasteiger partial charge in [0.2, 0.25) is 0 Å². The number of alkyl halides is 3. The van der Waals surface area contributed by atoms with E-state index in [0.717, 1.165) is 12.1 Å². The second kappa shape index (κ2) is 12.1. The van der Waals surface area contributed by atoms with Gasteiger partial charge in [-0.15, -0.1) is 0 Å². The molecule has 1 aliphatic rings. The molecule has 0 bridgehead atoms. The largest absolute Gasteiger partial charge is 0.496 e. The number of nitrogens with one attached hydrogen (secondary N) is 1. The number of carboxylic acid groups (broad SMARTS) is 1. The van der Waals surface area contributed by atoms with E-state index in [9.17, 15) is 27.9 Å². The molecule has 9 nitrogen and oxygen atoms in total. The normalized spacial score (nSPS) is 21.2. The summed E-state index contributed by atoms with van der Waals surface area (Å²) in [7, 11) is 4.88. The van der Waals surface area contributed by atoms with Crippen molar-refractivity contribution >= 4 is 17.9 Å². The number of benzene rings is 1. The molecule has 4 atom stereocenters. The van der Waals surface area contributed by atoms with Gasteiger partial charge in [0, 0.05) is 49.9 Å². The third-order valence-corrected chi connectivity index (χ3v) is 7.17. The molecule has 0 aliphatic carbocycles. The molecule has 1 aromatic carbocycles. The number of amides is 1. The lowest BCUT2D eigenvalue weighted by molar-refractivity contribution is -0.145. The number of carbonyl (C=O) groups is 2. The molecule has 1 amide bonds. The van der Waals surface area contributed by atoms with E-state index in [1.54, 1.807) is 51.2 Å². The number of rotatable bonds is 8. The van der Waals surface area contributed by atoms with Crippen molar-refractivity contribution < 1.29 is 37.3 Å². The molecule has 1 aliphatic heterocycles. The quantitative estimate of drug-likeness (QED) is 0.431. The summed E-state index contributed by atoms with van der Waals surface area (Å²) in [6, 6.07) is 3.98. The number of hydrogen-bond acceptors (Lipinski definition) is 7. The van der Waals surface area contributed by atoms with Crippen LogP contribution in [-0.4, -0.2) is 66.4 Å². The Morgan fingerprint density at radius 3 is 2.34 bits per heavy atom. The Bertz CT molecular complexity index is 1250. The first-order chi connectivity index (χ1) is 19.0. The molecule has 2 heterocycles. The highest BCUT2D eigenvalue weighted by molar-refractivity contribution is 5.82. The van der Waals surface area contributed by atoms with Crippen LogP contribution in [0.4, 0.5) is 23.8 Å². The molecular weight excluding hydrogens is 541 g/mol. The van der Waals surface area contributed by atoms with Crippen molar-refractivity contribution in [3.63, 3.8) is 0 Å². The summed E-state index contributed by atoms with van der Waals surface area (Å²) in [4.78, 5) is 34.0. The van der Waals surface area contributed by atoms with Crippen LogP contribution in [-0.2, 0) is 22.3 Å². The van der Waals surface area contributed by atoms with Gasteiger partial charge in [-0.3, -0.25) is 4.90 Å². The maximum absolute atomic E-state index is 13.6. The third kappa shape index (κ3) is 6.86. The maximum atomic E-state index is 13.6. The van der Waals surface area contributed by atoms with Gasteiger partial charge in [-0.05, 0) is 37.5 Å². The number of aliphatic carboxylic acids is 1. The molecule has 1 fully saturated rings. The van der Waals surface area contributed by atoms with E-state index < -0.39 is 59.4 Å². The second-order valence-electron chi connectivity index (χ2n) is 11.7. The van der Waals surface area contributed by atoms with E-state index in [-0.39, 0.29) is 12.3 Å². The fraction of sp³-hybridized carbons (Fsp3) is 0.552. The smallest absolute Gasteiger partial charge is 0.416 e. The molecule has 226 valence electrons. The van der Waals surface area contributed by atoms with Crippen molar-refractivity contribution in [2.24, 2.45) is 11.3 Å². The fourth-order valence-corrected chi connectivity index (χ4v) is 5.58. The van der Waals surface area contributed by atoms with Crippen LogP contribution in [0.5, 0.6) is 5.75 Å². The minimum Gasteiger partial charge on any atom is -0.496 e. The van der Waals surface area contributed by atoms with E-state index in [2.05, 4.69) is 10.3 Å². The lowest BCUT2D eigenvalue weighted by Gasteiger charge is -2.35. The van der Waals surface area contributed by atoms with Crippen LogP contribution in [0.1, 0.15) is 57.4 Å². The van der Waals surface area contributed by atoms with Crippen molar-refractivity contribution in [2.75, 3.05) is 26.1 Å². The number of anilines is 1. The summed E-state index contributed by atoms with van der Waals surface area (Å²) in [5, 5.41) is 13.9. The first-order valence-electron chi connectivity index (χ1n) is 13.3. The molecule has 41 heavy (non-hydrogen) atoms. The van der Waals surface area contributed by atoms with Gasteiger partial charge in [0.1, 0.15) is 17.6 Å². The Balaban J connectivity index is 2.20.